The van der Waals surface area contributed by atoms with Gasteiger partial charge in [-0.05, 0) is 43.5 Å². The molecule has 1 aromatic carbocycles. The molecule has 100 valence electrons. The highest BCUT2D eigenvalue weighted by atomic mass is 16.5. The van der Waals surface area contributed by atoms with Crippen molar-refractivity contribution in [3.05, 3.63) is 23.3 Å². The van der Waals surface area contributed by atoms with Crippen LogP contribution in [0.3, 0.4) is 0 Å². The summed E-state index contributed by atoms with van der Waals surface area (Å²) >= 11 is 0. The highest BCUT2D eigenvalue weighted by molar-refractivity contribution is 5.77. The molecule has 0 aliphatic rings. The van der Waals surface area contributed by atoms with Crippen LogP contribution in [0.5, 0.6) is 5.75 Å². The summed E-state index contributed by atoms with van der Waals surface area (Å²) in [7, 11) is 0. The molecule has 1 aromatic rings. The predicted octanol–water partition coefficient (Wildman–Crippen LogP) is 2.18. The minimum atomic E-state index is -0.0842. The first-order valence-electron chi connectivity index (χ1n) is 6.30. The van der Waals surface area contributed by atoms with Gasteiger partial charge >= 0.3 is 0 Å². The SMILES string of the molecule is CCCCNC(=O)COc1c(C)cc(N)cc1C. The molecule has 0 bridgehead atoms. The van der Waals surface area contributed by atoms with Crippen LogP contribution in [-0.4, -0.2) is 19.1 Å². The molecule has 1 rings (SSSR count). The second-order valence-electron chi connectivity index (χ2n) is 4.48. The zero-order valence-corrected chi connectivity index (χ0v) is 11.4. The van der Waals surface area contributed by atoms with Crippen molar-refractivity contribution >= 4 is 11.6 Å². The Labute approximate surface area is 109 Å². The highest BCUT2D eigenvalue weighted by Gasteiger charge is 2.08. The van der Waals surface area contributed by atoms with Gasteiger partial charge in [-0.15, -0.1) is 0 Å². The standard InChI is InChI=1S/C14H22N2O2/c1-4-5-6-16-13(17)9-18-14-10(2)7-12(15)8-11(14)3/h7-8H,4-6,9,15H2,1-3H3,(H,16,17). The molecular formula is C14H22N2O2. The molecule has 0 heterocycles. The zero-order chi connectivity index (χ0) is 13.5. The molecule has 4 nitrogen and oxygen atoms in total. The fraction of sp³-hybridized carbons (Fsp3) is 0.500. The summed E-state index contributed by atoms with van der Waals surface area (Å²) in [6.07, 6.45) is 2.06. The normalized spacial score (nSPS) is 10.2. The maximum atomic E-state index is 11.5. The molecule has 0 saturated carbocycles. The van der Waals surface area contributed by atoms with Crippen molar-refractivity contribution < 1.29 is 9.53 Å². The van der Waals surface area contributed by atoms with Crippen LogP contribution >= 0.6 is 0 Å². The third-order valence-electron chi connectivity index (χ3n) is 2.68. The quantitative estimate of drug-likeness (QED) is 0.601. The van der Waals surface area contributed by atoms with Crippen LogP contribution in [0.4, 0.5) is 5.69 Å². The van der Waals surface area contributed by atoms with Gasteiger partial charge in [0.1, 0.15) is 5.75 Å². The van der Waals surface area contributed by atoms with E-state index in [2.05, 4.69) is 12.2 Å². The van der Waals surface area contributed by atoms with Gasteiger partial charge in [-0.1, -0.05) is 13.3 Å². The molecule has 0 unspecified atom stereocenters. The van der Waals surface area contributed by atoms with Gasteiger partial charge in [0, 0.05) is 12.2 Å². The molecule has 1 amide bonds. The molecule has 18 heavy (non-hydrogen) atoms. The smallest absolute Gasteiger partial charge is 0.257 e. The average Bonchev–Trinajstić information content (AvgIpc) is 2.27. The number of ether oxygens (including phenoxy) is 1. The molecular weight excluding hydrogens is 228 g/mol. The van der Waals surface area contributed by atoms with Gasteiger partial charge in [-0.2, -0.15) is 0 Å². The number of hydrogen-bond acceptors (Lipinski definition) is 3. The number of carbonyl (C=O) groups excluding carboxylic acids is 1. The van der Waals surface area contributed by atoms with Crippen molar-refractivity contribution in [3.8, 4) is 5.75 Å². The summed E-state index contributed by atoms with van der Waals surface area (Å²) in [5.41, 5.74) is 8.35. The fourth-order valence-electron chi connectivity index (χ4n) is 1.80. The van der Waals surface area contributed by atoms with Gasteiger partial charge in [0.2, 0.25) is 0 Å². The first kappa shape index (κ1) is 14.4. The third-order valence-corrected chi connectivity index (χ3v) is 2.68. The summed E-state index contributed by atoms with van der Waals surface area (Å²) in [6.45, 7) is 6.69. The maximum Gasteiger partial charge on any atom is 0.257 e. The Balaban J connectivity index is 2.51. The second-order valence-corrected chi connectivity index (χ2v) is 4.48. The number of hydrogen-bond donors (Lipinski definition) is 2. The average molecular weight is 250 g/mol. The van der Waals surface area contributed by atoms with Crippen LogP contribution in [0, 0.1) is 13.8 Å². The van der Waals surface area contributed by atoms with Crippen molar-refractivity contribution in [1.29, 1.82) is 0 Å². The molecule has 0 radical (unpaired) electrons. The molecule has 0 atom stereocenters. The van der Waals surface area contributed by atoms with E-state index in [1.807, 2.05) is 26.0 Å². The number of unbranched alkanes of at least 4 members (excludes halogenated alkanes) is 1. The van der Waals surface area contributed by atoms with Crippen molar-refractivity contribution in [2.24, 2.45) is 0 Å². The van der Waals surface area contributed by atoms with Crippen molar-refractivity contribution in [2.75, 3.05) is 18.9 Å². The summed E-state index contributed by atoms with van der Waals surface area (Å²) in [5.74, 6) is 0.661. The Morgan fingerprint density at radius 1 is 1.33 bits per heavy atom. The molecule has 3 N–H and O–H groups in total. The lowest BCUT2D eigenvalue weighted by Gasteiger charge is -2.12. The van der Waals surface area contributed by atoms with E-state index in [1.54, 1.807) is 0 Å². The summed E-state index contributed by atoms with van der Waals surface area (Å²) < 4.78 is 5.55. The van der Waals surface area contributed by atoms with Gasteiger partial charge in [0.05, 0.1) is 0 Å². The van der Waals surface area contributed by atoms with Crippen LogP contribution in [0.2, 0.25) is 0 Å². The topological polar surface area (TPSA) is 64.3 Å². The molecule has 0 saturated heterocycles. The number of rotatable bonds is 6. The third kappa shape index (κ3) is 4.28. The van der Waals surface area contributed by atoms with Crippen molar-refractivity contribution in [3.63, 3.8) is 0 Å². The van der Waals surface area contributed by atoms with E-state index in [1.165, 1.54) is 0 Å². The first-order chi connectivity index (χ1) is 8.54. The molecule has 0 aromatic heterocycles. The number of nitrogens with two attached hydrogens (primary N) is 1. The van der Waals surface area contributed by atoms with E-state index in [-0.39, 0.29) is 12.5 Å². The molecule has 0 aliphatic heterocycles. The number of nitrogen functional groups attached to an aromatic ring is 1. The maximum absolute atomic E-state index is 11.5. The van der Waals surface area contributed by atoms with Crippen LogP contribution in [-0.2, 0) is 4.79 Å². The minimum absolute atomic E-state index is 0.0509. The molecule has 0 spiro atoms. The van der Waals surface area contributed by atoms with Gasteiger partial charge < -0.3 is 15.8 Å². The highest BCUT2D eigenvalue weighted by Crippen LogP contribution is 2.25. The Morgan fingerprint density at radius 3 is 2.50 bits per heavy atom. The number of aryl methyl sites for hydroxylation is 2. The van der Waals surface area contributed by atoms with Gasteiger partial charge in [-0.3, -0.25) is 4.79 Å². The van der Waals surface area contributed by atoms with Crippen molar-refractivity contribution in [1.82, 2.24) is 5.32 Å². The van der Waals surface area contributed by atoms with E-state index in [0.29, 0.717) is 12.2 Å². The van der Waals surface area contributed by atoms with E-state index < -0.39 is 0 Å². The first-order valence-corrected chi connectivity index (χ1v) is 6.30. The Bertz CT molecular complexity index is 393. The van der Waals surface area contributed by atoms with E-state index in [0.717, 1.165) is 29.7 Å². The van der Waals surface area contributed by atoms with Crippen LogP contribution in [0.1, 0.15) is 30.9 Å². The molecule has 0 aliphatic carbocycles. The van der Waals surface area contributed by atoms with Gasteiger partial charge in [-0.25, -0.2) is 0 Å². The minimum Gasteiger partial charge on any atom is -0.483 e. The van der Waals surface area contributed by atoms with Crippen LogP contribution in [0.15, 0.2) is 12.1 Å². The summed E-state index contributed by atoms with van der Waals surface area (Å²) in [6, 6.07) is 3.69. The molecule has 4 heteroatoms. The second kappa shape index (κ2) is 6.89. The number of benzene rings is 1. The lowest BCUT2D eigenvalue weighted by molar-refractivity contribution is -0.123. The summed E-state index contributed by atoms with van der Waals surface area (Å²) in [5, 5.41) is 2.82. The number of nitrogens with one attached hydrogen (secondary N) is 1. The lowest BCUT2D eigenvalue weighted by Crippen LogP contribution is -2.29. The number of anilines is 1. The van der Waals surface area contributed by atoms with E-state index in [4.69, 9.17) is 10.5 Å². The largest absolute Gasteiger partial charge is 0.483 e. The van der Waals surface area contributed by atoms with Crippen molar-refractivity contribution in [2.45, 2.75) is 33.6 Å². The van der Waals surface area contributed by atoms with E-state index in [9.17, 15) is 4.79 Å². The fourth-order valence-corrected chi connectivity index (χ4v) is 1.80. The Hall–Kier alpha value is -1.71. The Morgan fingerprint density at radius 2 is 1.94 bits per heavy atom. The van der Waals surface area contributed by atoms with Crippen LogP contribution in [0.25, 0.3) is 0 Å². The zero-order valence-electron chi connectivity index (χ0n) is 11.4. The predicted molar refractivity (Wildman–Crippen MR) is 73.7 cm³/mol. The monoisotopic (exact) mass is 250 g/mol. The number of amides is 1. The Kier molecular flexibility index (Phi) is 5.49. The van der Waals surface area contributed by atoms with Gasteiger partial charge in [0.15, 0.2) is 6.61 Å². The number of carbonyl (C=O) groups is 1. The van der Waals surface area contributed by atoms with Gasteiger partial charge in [0.25, 0.3) is 5.91 Å². The van der Waals surface area contributed by atoms with Crippen LogP contribution < -0.4 is 15.8 Å². The lowest BCUT2D eigenvalue weighted by atomic mass is 10.1. The summed E-state index contributed by atoms with van der Waals surface area (Å²) in [4.78, 5) is 11.5. The van der Waals surface area contributed by atoms with E-state index >= 15 is 0 Å². The molecule has 0 fully saturated rings.